The highest BCUT2D eigenvalue weighted by molar-refractivity contribution is 7.09. The average molecular weight is 340 g/mol. The number of hydrogen-bond acceptors (Lipinski definition) is 5. The van der Waals surface area contributed by atoms with Crippen LogP contribution in [-0.4, -0.2) is 42.5 Å². The molecule has 0 spiro atoms. The minimum Gasteiger partial charge on any atom is -0.490 e. The van der Waals surface area contributed by atoms with Gasteiger partial charge in [-0.1, -0.05) is 23.7 Å². The first-order chi connectivity index (χ1) is 10.6. The smallest absolute Gasteiger partial charge is 0.273 e. The van der Waals surface area contributed by atoms with Crippen molar-refractivity contribution in [3.63, 3.8) is 0 Å². The minimum atomic E-state index is -0.123. The maximum Gasteiger partial charge on any atom is 0.273 e. The summed E-state index contributed by atoms with van der Waals surface area (Å²) in [7, 11) is 1.72. The number of carbonyl (C=O) groups is 1. The second-order valence-electron chi connectivity index (χ2n) is 4.67. The van der Waals surface area contributed by atoms with Crippen molar-refractivity contribution >= 4 is 28.8 Å². The maximum atomic E-state index is 12.2. The molecule has 0 aliphatic heterocycles. The number of rotatable bonds is 7. The fourth-order valence-corrected chi connectivity index (χ4v) is 2.78. The van der Waals surface area contributed by atoms with Gasteiger partial charge in [0.15, 0.2) is 0 Å². The Labute approximate surface area is 138 Å². The molecular weight excluding hydrogens is 322 g/mol. The van der Waals surface area contributed by atoms with Crippen LogP contribution in [0.4, 0.5) is 0 Å². The van der Waals surface area contributed by atoms with E-state index in [4.69, 9.17) is 22.1 Å². The van der Waals surface area contributed by atoms with E-state index in [1.807, 2.05) is 12.1 Å². The Morgan fingerprint density at radius 1 is 1.45 bits per heavy atom. The second kappa shape index (κ2) is 8.12. The van der Waals surface area contributed by atoms with Crippen LogP contribution in [-0.2, 0) is 6.42 Å². The van der Waals surface area contributed by atoms with Gasteiger partial charge in [0, 0.05) is 18.8 Å². The van der Waals surface area contributed by atoms with Gasteiger partial charge in [-0.25, -0.2) is 4.98 Å². The highest BCUT2D eigenvalue weighted by Gasteiger charge is 2.15. The number of halogens is 1. The van der Waals surface area contributed by atoms with E-state index >= 15 is 0 Å². The summed E-state index contributed by atoms with van der Waals surface area (Å²) in [4.78, 5) is 18.1. The summed E-state index contributed by atoms with van der Waals surface area (Å²) in [5, 5.41) is 3.20. The van der Waals surface area contributed by atoms with Crippen molar-refractivity contribution in [3.05, 3.63) is 45.4 Å². The summed E-state index contributed by atoms with van der Waals surface area (Å²) in [5.74, 6) is 0.492. The Hall–Kier alpha value is -1.63. The fourth-order valence-electron chi connectivity index (χ4n) is 1.80. The van der Waals surface area contributed by atoms with E-state index in [2.05, 4.69) is 4.98 Å². The van der Waals surface area contributed by atoms with Crippen molar-refractivity contribution in [1.82, 2.24) is 9.88 Å². The molecule has 0 saturated carbocycles. The molecule has 1 amide bonds. The number of benzene rings is 1. The summed E-state index contributed by atoms with van der Waals surface area (Å²) >= 11 is 7.46. The summed E-state index contributed by atoms with van der Waals surface area (Å²) in [6.45, 7) is 1.35. The van der Waals surface area contributed by atoms with Crippen molar-refractivity contribution in [2.45, 2.75) is 6.42 Å². The highest BCUT2D eigenvalue weighted by atomic mass is 35.5. The quantitative estimate of drug-likeness (QED) is 0.841. The molecule has 0 unspecified atom stereocenters. The first kappa shape index (κ1) is 16.7. The van der Waals surface area contributed by atoms with Gasteiger partial charge in [0.2, 0.25) is 0 Å². The molecule has 0 fully saturated rings. The van der Waals surface area contributed by atoms with E-state index in [1.54, 1.807) is 29.5 Å². The molecule has 1 aromatic carbocycles. The van der Waals surface area contributed by atoms with Crippen LogP contribution in [0.1, 0.15) is 15.5 Å². The van der Waals surface area contributed by atoms with Gasteiger partial charge in [0.25, 0.3) is 5.91 Å². The van der Waals surface area contributed by atoms with Crippen LogP contribution in [0, 0.1) is 0 Å². The predicted octanol–water partition coefficient (Wildman–Crippen LogP) is 2.45. The molecule has 1 aromatic heterocycles. The molecule has 2 rings (SSSR count). The third-order valence-corrected chi connectivity index (χ3v) is 4.22. The molecule has 0 saturated heterocycles. The highest BCUT2D eigenvalue weighted by Crippen LogP contribution is 2.22. The standard InChI is InChI=1S/C15H18ClN3O2S/c1-19(8-9-21-13-5-3-2-4-11(13)16)15(20)12-10-22-14(18-12)6-7-17/h2-5,10H,6-9,17H2,1H3. The number of aromatic nitrogens is 1. The van der Waals surface area contributed by atoms with Crippen molar-refractivity contribution in [3.8, 4) is 5.75 Å². The Morgan fingerprint density at radius 2 is 2.23 bits per heavy atom. The fraction of sp³-hybridized carbons (Fsp3) is 0.333. The van der Waals surface area contributed by atoms with Crippen molar-refractivity contribution in [2.24, 2.45) is 5.73 Å². The van der Waals surface area contributed by atoms with Gasteiger partial charge < -0.3 is 15.4 Å². The molecule has 5 nitrogen and oxygen atoms in total. The summed E-state index contributed by atoms with van der Waals surface area (Å²) < 4.78 is 5.58. The summed E-state index contributed by atoms with van der Waals surface area (Å²) in [6.07, 6.45) is 0.692. The van der Waals surface area contributed by atoms with Crippen LogP contribution in [0.25, 0.3) is 0 Å². The van der Waals surface area contributed by atoms with E-state index < -0.39 is 0 Å². The normalized spacial score (nSPS) is 10.5. The van der Waals surface area contributed by atoms with E-state index in [0.29, 0.717) is 42.6 Å². The number of carbonyl (C=O) groups excluding carboxylic acids is 1. The molecule has 1 heterocycles. The van der Waals surface area contributed by atoms with Crippen LogP contribution in [0.2, 0.25) is 5.02 Å². The SMILES string of the molecule is CN(CCOc1ccccc1Cl)C(=O)c1csc(CCN)n1. The van der Waals surface area contributed by atoms with Crippen molar-refractivity contribution in [2.75, 3.05) is 26.7 Å². The molecule has 118 valence electrons. The zero-order valence-corrected chi connectivity index (χ0v) is 13.9. The molecule has 0 radical (unpaired) electrons. The van der Waals surface area contributed by atoms with Crippen molar-refractivity contribution in [1.29, 1.82) is 0 Å². The van der Waals surface area contributed by atoms with Gasteiger partial charge in [-0.05, 0) is 18.7 Å². The Kier molecular flexibility index (Phi) is 6.18. The first-order valence-electron chi connectivity index (χ1n) is 6.89. The third kappa shape index (κ3) is 4.43. The second-order valence-corrected chi connectivity index (χ2v) is 6.02. The van der Waals surface area contributed by atoms with E-state index in [1.165, 1.54) is 11.3 Å². The molecular formula is C15H18ClN3O2S. The first-order valence-corrected chi connectivity index (χ1v) is 8.15. The largest absolute Gasteiger partial charge is 0.490 e. The molecule has 2 aromatic rings. The van der Waals surface area contributed by atoms with Gasteiger partial charge in [0.1, 0.15) is 18.1 Å². The number of para-hydroxylation sites is 1. The summed E-state index contributed by atoms with van der Waals surface area (Å²) in [6, 6.07) is 7.25. The molecule has 0 atom stereocenters. The average Bonchev–Trinajstić information content (AvgIpc) is 2.97. The van der Waals surface area contributed by atoms with Gasteiger partial charge >= 0.3 is 0 Å². The zero-order valence-electron chi connectivity index (χ0n) is 12.3. The molecule has 0 aliphatic rings. The van der Waals surface area contributed by atoms with E-state index in [9.17, 15) is 4.79 Å². The lowest BCUT2D eigenvalue weighted by atomic mass is 10.3. The maximum absolute atomic E-state index is 12.2. The van der Waals surface area contributed by atoms with Gasteiger partial charge in [-0.2, -0.15) is 0 Å². The Bertz CT molecular complexity index is 633. The Balaban J connectivity index is 1.84. The lowest BCUT2D eigenvalue weighted by Crippen LogP contribution is -2.31. The molecule has 0 bridgehead atoms. The number of ether oxygens (including phenoxy) is 1. The van der Waals surface area contributed by atoms with Crippen LogP contribution >= 0.6 is 22.9 Å². The number of nitrogens with two attached hydrogens (primary N) is 1. The molecule has 22 heavy (non-hydrogen) atoms. The molecule has 0 aliphatic carbocycles. The zero-order chi connectivity index (χ0) is 15.9. The van der Waals surface area contributed by atoms with Crippen molar-refractivity contribution < 1.29 is 9.53 Å². The minimum absolute atomic E-state index is 0.123. The van der Waals surface area contributed by atoms with Crippen LogP contribution in [0.5, 0.6) is 5.75 Å². The van der Waals surface area contributed by atoms with E-state index in [-0.39, 0.29) is 5.91 Å². The third-order valence-electron chi connectivity index (χ3n) is 3.00. The summed E-state index contributed by atoms with van der Waals surface area (Å²) in [5.41, 5.74) is 5.94. The lowest BCUT2D eigenvalue weighted by molar-refractivity contribution is 0.0768. The lowest BCUT2D eigenvalue weighted by Gasteiger charge is -2.16. The van der Waals surface area contributed by atoms with Gasteiger partial charge in [-0.3, -0.25) is 4.79 Å². The number of nitrogens with zero attached hydrogens (tertiary/aromatic N) is 2. The number of thiazole rings is 1. The monoisotopic (exact) mass is 339 g/mol. The van der Waals surface area contributed by atoms with Crippen LogP contribution in [0.3, 0.4) is 0 Å². The number of hydrogen-bond donors (Lipinski definition) is 1. The number of likely N-dealkylation sites (N-methyl/N-ethyl adjacent to an activating group) is 1. The molecule has 2 N–H and O–H groups in total. The molecule has 7 heteroatoms. The Morgan fingerprint density at radius 3 is 2.95 bits per heavy atom. The van der Waals surface area contributed by atoms with Gasteiger partial charge in [-0.15, -0.1) is 11.3 Å². The van der Waals surface area contributed by atoms with Crippen LogP contribution in [0.15, 0.2) is 29.6 Å². The predicted molar refractivity (Wildman–Crippen MR) is 88.8 cm³/mol. The van der Waals surface area contributed by atoms with Crippen LogP contribution < -0.4 is 10.5 Å². The number of amides is 1. The topological polar surface area (TPSA) is 68.5 Å². The van der Waals surface area contributed by atoms with E-state index in [0.717, 1.165) is 5.01 Å². The van der Waals surface area contributed by atoms with Gasteiger partial charge in [0.05, 0.1) is 16.6 Å².